The van der Waals surface area contributed by atoms with Gasteiger partial charge in [0.05, 0.1) is 0 Å². The highest BCUT2D eigenvalue weighted by atomic mass is 16.4. The molecular weight excluding hydrogens is 256 g/mol. The maximum absolute atomic E-state index is 11.9. The summed E-state index contributed by atoms with van der Waals surface area (Å²) in [6.07, 6.45) is 3.91. The molecule has 1 saturated carbocycles. The molecule has 0 radical (unpaired) electrons. The van der Waals surface area contributed by atoms with Gasteiger partial charge in [0.2, 0.25) is 18.2 Å². The Morgan fingerprint density at radius 3 is 3.05 bits per heavy atom. The first-order valence-electron chi connectivity index (χ1n) is 6.64. The van der Waals surface area contributed by atoms with Gasteiger partial charge in [0.15, 0.2) is 0 Å². The lowest BCUT2D eigenvalue weighted by Gasteiger charge is -2.10. The highest BCUT2D eigenvalue weighted by molar-refractivity contribution is 5.91. The lowest BCUT2D eigenvalue weighted by molar-refractivity contribution is -0.116. The molecule has 1 heterocycles. The molecule has 1 fully saturated rings. The Balaban J connectivity index is 1.65. The molecule has 0 bridgehead atoms. The number of nitrogens with two attached hydrogens (primary N) is 1. The van der Waals surface area contributed by atoms with Crippen molar-refractivity contribution in [3.8, 4) is 11.5 Å². The Hall–Kier alpha value is -2.21. The predicted molar refractivity (Wildman–Crippen MR) is 73.7 cm³/mol. The van der Waals surface area contributed by atoms with Crippen molar-refractivity contribution in [1.82, 2.24) is 10.2 Å². The molecular formula is C14H16N4O2. The smallest absolute Gasteiger partial charge is 0.247 e. The van der Waals surface area contributed by atoms with E-state index in [1.165, 1.54) is 6.39 Å². The van der Waals surface area contributed by atoms with Crippen LogP contribution in [0, 0.1) is 5.92 Å². The quantitative estimate of drug-likeness (QED) is 0.865. The number of anilines is 1. The third-order valence-electron chi connectivity index (χ3n) is 3.40. The van der Waals surface area contributed by atoms with Gasteiger partial charge in [-0.1, -0.05) is 6.07 Å². The molecule has 1 aromatic heterocycles. The largest absolute Gasteiger partial charge is 0.423 e. The van der Waals surface area contributed by atoms with Crippen molar-refractivity contribution < 1.29 is 9.21 Å². The van der Waals surface area contributed by atoms with Gasteiger partial charge >= 0.3 is 0 Å². The molecule has 1 unspecified atom stereocenters. The Labute approximate surface area is 116 Å². The van der Waals surface area contributed by atoms with Crippen molar-refractivity contribution in [2.45, 2.75) is 25.3 Å². The van der Waals surface area contributed by atoms with E-state index in [1.807, 2.05) is 18.2 Å². The van der Waals surface area contributed by atoms with E-state index in [0.717, 1.165) is 18.4 Å². The molecule has 0 spiro atoms. The number of benzene rings is 1. The summed E-state index contributed by atoms with van der Waals surface area (Å²) in [6, 6.07) is 7.26. The fourth-order valence-corrected chi connectivity index (χ4v) is 2.15. The van der Waals surface area contributed by atoms with Crippen molar-refractivity contribution in [2.75, 3.05) is 5.32 Å². The van der Waals surface area contributed by atoms with Gasteiger partial charge in [-0.15, -0.1) is 10.2 Å². The van der Waals surface area contributed by atoms with Crippen molar-refractivity contribution >= 4 is 11.6 Å². The number of nitrogens with zero attached hydrogens (tertiary/aromatic N) is 2. The minimum absolute atomic E-state index is 0.0332. The summed E-state index contributed by atoms with van der Waals surface area (Å²) in [4.78, 5) is 11.9. The van der Waals surface area contributed by atoms with Crippen LogP contribution in [0.15, 0.2) is 35.1 Å². The molecule has 6 nitrogen and oxygen atoms in total. The Morgan fingerprint density at radius 1 is 1.50 bits per heavy atom. The second-order valence-electron chi connectivity index (χ2n) is 5.08. The van der Waals surface area contributed by atoms with Gasteiger partial charge < -0.3 is 15.5 Å². The molecule has 0 aliphatic heterocycles. The standard InChI is InChI=1S/C14H16N4O2/c15-12(9-4-5-9)7-13(19)17-11-3-1-2-10(6-11)14-18-16-8-20-14/h1-3,6,8-9,12H,4-5,7,15H2,(H,17,19). The zero-order valence-electron chi connectivity index (χ0n) is 11.0. The summed E-state index contributed by atoms with van der Waals surface area (Å²) in [5.74, 6) is 0.883. The van der Waals surface area contributed by atoms with Gasteiger partial charge in [-0.25, -0.2) is 0 Å². The van der Waals surface area contributed by atoms with E-state index < -0.39 is 0 Å². The number of hydrogen-bond acceptors (Lipinski definition) is 5. The Kier molecular flexibility index (Phi) is 3.47. The lowest BCUT2D eigenvalue weighted by atomic mass is 10.1. The van der Waals surface area contributed by atoms with Crippen LogP contribution in [0.2, 0.25) is 0 Å². The van der Waals surface area contributed by atoms with Crippen molar-refractivity contribution in [3.63, 3.8) is 0 Å². The van der Waals surface area contributed by atoms with Crippen molar-refractivity contribution in [2.24, 2.45) is 11.7 Å². The molecule has 1 aliphatic carbocycles. The SMILES string of the molecule is NC(CC(=O)Nc1cccc(-c2nnco2)c1)C1CC1. The minimum atomic E-state index is -0.0629. The molecule has 1 amide bonds. The van der Waals surface area contributed by atoms with Crippen LogP contribution in [0.1, 0.15) is 19.3 Å². The van der Waals surface area contributed by atoms with Crippen LogP contribution in [-0.2, 0) is 4.79 Å². The van der Waals surface area contributed by atoms with Crippen molar-refractivity contribution in [3.05, 3.63) is 30.7 Å². The molecule has 3 rings (SSSR count). The zero-order valence-corrected chi connectivity index (χ0v) is 11.0. The average Bonchev–Trinajstić information content (AvgIpc) is 3.14. The lowest BCUT2D eigenvalue weighted by Crippen LogP contribution is -2.28. The molecule has 1 aromatic carbocycles. The number of amides is 1. The third-order valence-corrected chi connectivity index (χ3v) is 3.40. The van der Waals surface area contributed by atoms with E-state index >= 15 is 0 Å². The van der Waals surface area contributed by atoms with Crippen LogP contribution in [-0.4, -0.2) is 22.1 Å². The molecule has 6 heteroatoms. The highest BCUT2D eigenvalue weighted by Crippen LogP contribution is 2.32. The number of rotatable bonds is 5. The van der Waals surface area contributed by atoms with E-state index in [2.05, 4.69) is 15.5 Å². The van der Waals surface area contributed by atoms with Crippen LogP contribution >= 0.6 is 0 Å². The van der Waals surface area contributed by atoms with Crippen LogP contribution in [0.25, 0.3) is 11.5 Å². The highest BCUT2D eigenvalue weighted by Gasteiger charge is 2.29. The van der Waals surface area contributed by atoms with Crippen LogP contribution in [0.4, 0.5) is 5.69 Å². The average molecular weight is 272 g/mol. The van der Waals surface area contributed by atoms with Crippen LogP contribution in [0.3, 0.4) is 0 Å². The summed E-state index contributed by atoms with van der Waals surface area (Å²) in [6.45, 7) is 0. The molecule has 1 aliphatic rings. The van der Waals surface area contributed by atoms with E-state index in [4.69, 9.17) is 10.2 Å². The fraction of sp³-hybridized carbons (Fsp3) is 0.357. The molecule has 2 aromatic rings. The molecule has 3 N–H and O–H groups in total. The molecule has 20 heavy (non-hydrogen) atoms. The molecule has 1 atom stereocenters. The summed E-state index contributed by atoms with van der Waals surface area (Å²) in [5.41, 5.74) is 7.42. The van der Waals surface area contributed by atoms with Gasteiger partial charge in [0.25, 0.3) is 0 Å². The van der Waals surface area contributed by atoms with Gasteiger partial charge in [0.1, 0.15) is 0 Å². The third kappa shape index (κ3) is 3.03. The summed E-state index contributed by atoms with van der Waals surface area (Å²) < 4.78 is 5.13. The van der Waals surface area contributed by atoms with E-state index in [0.29, 0.717) is 23.9 Å². The van der Waals surface area contributed by atoms with E-state index in [9.17, 15) is 4.79 Å². The predicted octanol–water partition coefficient (Wildman–Crippen LogP) is 1.80. The first-order valence-corrected chi connectivity index (χ1v) is 6.64. The van der Waals surface area contributed by atoms with Gasteiger partial charge in [-0.05, 0) is 37.0 Å². The number of aromatic nitrogens is 2. The zero-order chi connectivity index (χ0) is 13.9. The summed E-state index contributed by atoms with van der Waals surface area (Å²) >= 11 is 0. The number of nitrogens with one attached hydrogen (secondary N) is 1. The Morgan fingerprint density at radius 2 is 2.35 bits per heavy atom. The van der Waals surface area contributed by atoms with Crippen LogP contribution in [0.5, 0.6) is 0 Å². The second-order valence-corrected chi connectivity index (χ2v) is 5.08. The first-order chi connectivity index (χ1) is 9.72. The number of carbonyl (C=O) groups excluding carboxylic acids is 1. The maximum Gasteiger partial charge on any atom is 0.247 e. The van der Waals surface area contributed by atoms with Crippen molar-refractivity contribution in [1.29, 1.82) is 0 Å². The van der Waals surface area contributed by atoms with E-state index in [1.54, 1.807) is 6.07 Å². The number of hydrogen-bond donors (Lipinski definition) is 2. The number of carbonyl (C=O) groups is 1. The van der Waals surface area contributed by atoms with Crippen LogP contribution < -0.4 is 11.1 Å². The monoisotopic (exact) mass is 272 g/mol. The first kappa shape index (κ1) is 12.8. The van der Waals surface area contributed by atoms with E-state index in [-0.39, 0.29) is 11.9 Å². The van der Waals surface area contributed by atoms with Gasteiger partial charge in [-0.2, -0.15) is 0 Å². The fourth-order valence-electron chi connectivity index (χ4n) is 2.15. The minimum Gasteiger partial charge on any atom is -0.423 e. The molecule has 0 saturated heterocycles. The van der Waals surface area contributed by atoms with Gasteiger partial charge in [-0.3, -0.25) is 4.79 Å². The topological polar surface area (TPSA) is 94.0 Å². The second kappa shape index (κ2) is 5.42. The summed E-state index contributed by atoms with van der Waals surface area (Å²) in [5, 5.41) is 10.3. The summed E-state index contributed by atoms with van der Waals surface area (Å²) in [7, 11) is 0. The molecule has 104 valence electrons. The van der Waals surface area contributed by atoms with Gasteiger partial charge in [0, 0.05) is 23.7 Å². The maximum atomic E-state index is 11.9. The Bertz CT molecular complexity index is 593. The normalized spacial score (nSPS) is 15.8.